The highest BCUT2D eigenvalue weighted by Gasteiger charge is 2.55. The number of carbonyl (C=O) groups excluding carboxylic acids is 2. The molecular weight excluding hydrogens is 567 g/mol. The lowest BCUT2D eigenvalue weighted by atomic mass is 9.85. The van der Waals surface area contributed by atoms with Crippen LogP contribution in [-0.4, -0.2) is 51.7 Å². The Balaban J connectivity index is 1.72. The van der Waals surface area contributed by atoms with Gasteiger partial charge in [0.15, 0.2) is 17.2 Å². The average molecular weight is 590 g/mol. The SMILES string of the molecule is O=C(O)CC(c1ccc(Cl)cc1)N1C(=O)c2cc(C(=O)C3(F)CCOCC3)cc(F)c2C1(O)c1ccc(Cl)cc1. The maximum atomic E-state index is 16.0. The molecule has 2 unspecified atom stereocenters. The van der Waals surface area contributed by atoms with Gasteiger partial charge in [0.2, 0.25) is 0 Å². The third-order valence-corrected chi connectivity index (χ3v) is 7.88. The number of aliphatic carboxylic acids is 1. The van der Waals surface area contributed by atoms with Gasteiger partial charge in [0, 0.05) is 34.0 Å². The third kappa shape index (κ3) is 4.77. The number of hydrogen-bond donors (Lipinski definition) is 2. The van der Waals surface area contributed by atoms with Gasteiger partial charge in [-0.05, 0) is 42.0 Å². The Hall–Kier alpha value is -3.37. The summed E-state index contributed by atoms with van der Waals surface area (Å²) in [6, 6.07) is 12.2. The number of carboxylic acid groups (broad SMARTS) is 1. The lowest BCUT2D eigenvalue weighted by Crippen LogP contribution is -2.47. The molecule has 11 heteroatoms. The van der Waals surface area contributed by atoms with Crippen LogP contribution in [0, 0.1) is 5.82 Å². The van der Waals surface area contributed by atoms with Gasteiger partial charge in [-0.3, -0.25) is 19.3 Å². The van der Waals surface area contributed by atoms with Crippen LogP contribution >= 0.6 is 23.2 Å². The van der Waals surface area contributed by atoms with Crippen LogP contribution in [0.1, 0.15) is 62.7 Å². The highest BCUT2D eigenvalue weighted by atomic mass is 35.5. The highest BCUT2D eigenvalue weighted by Crippen LogP contribution is 2.49. The Bertz CT molecular complexity index is 1490. The van der Waals surface area contributed by atoms with Gasteiger partial charge >= 0.3 is 5.97 Å². The van der Waals surface area contributed by atoms with E-state index in [1.165, 1.54) is 48.5 Å². The molecule has 40 heavy (non-hydrogen) atoms. The maximum absolute atomic E-state index is 16.0. The third-order valence-electron chi connectivity index (χ3n) is 7.37. The molecule has 2 heterocycles. The number of ether oxygens (including phenoxy) is 1. The number of amides is 1. The van der Waals surface area contributed by atoms with Crippen molar-refractivity contribution in [2.24, 2.45) is 0 Å². The lowest BCUT2D eigenvalue weighted by molar-refractivity contribution is -0.140. The van der Waals surface area contributed by atoms with Crippen molar-refractivity contribution in [3.8, 4) is 0 Å². The second kappa shape index (κ2) is 10.6. The predicted octanol–water partition coefficient (Wildman–Crippen LogP) is 5.70. The van der Waals surface area contributed by atoms with Gasteiger partial charge in [0.05, 0.1) is 36.8 Å². The first kappa shape index (κ1) is 28.2. The Morgan fingerprint density at radius 2 is 1.57 bits per heavy atom. The summed E-state index contributed by atoms with van der Waals surface area (Å²) >= 11 is 12.1. The van der Waals surface area contributed by atoms with E-state index in [9.17, 15) is 24.6 Å². The molecule has 2 aliphatic rings. The second-order valence-electron chi connectivity index (χ2n) is 9.81. The summed E-state index contributed by atoms with van der Waals surface area (Å²) in [6.45, 7) is 0.0211. The first-order valence-electron chi connectivity index (χ1n) is 12.4. The lowest BCUT2D eigenvalue weighted by Gasteiger charge is -2.40. The number of aliphatic hydroxyl groups is 1. The first-order valence-corrected chi connectivity index (χ1v) is 13.2. The van der Waals surface area contributed by atoms with Crippen LogP contribution in [-0.2, 0) is 15.3 Å². The topological polar surface area (TPSA) is 104 Å². The van der Waals surface area contributed by atoms with Gasteiger partial charge in [-0.1, -0.05) is 47.5 Å². The van der Waals surface area contributed by atoms with Crippen LogP contribution in [0.25, 0.3) is 0 Å². The summed E-state index contributed by atoms with van der Waals surface area (Å²) in [5.41, 5.74) is -5.73. The molecule has 0 bridgehead atoms. The molecule has 2 N–H and O–H groups in total. The van der Waals surface area contributed by atoms with Crippen molar-refractivity contribution in [2.45, 2.75) is 36.7 Å². The molecule has 5 rings (SSSR count). The minimum absolute atomic E-state index is 0.0106. The van der Waals surface area contributed by atoms with E-state index in [-0.39, 0.29) is 42.7 Å². The number of hydrogen-bond acceptors (Lipinski definition) is 5. The Labute approximate surface area is 237 Å². The van der Waals surface area contributed by atoms with Crippen LogP contribution in [0.5, 0.6) is 0 Å². The number of halogens is 4. The number of carboxylic acids is 1. The maximum Gasteiger partial charge on any atom is 0.305 e. The summed E-state index contributed by atoms with van der Waals surface area (Å²) in [6.07, 6.45) is -1.11. The van der Waals surface area contributed by atoms with Crippen molar-refractivity contribution >= 4 is 40.9 Å². The highest BCUT2D eigenvalue weighted by molar-refractivity contribution is 6.30. The zero-order valence-corrected chi connectivity index (χ0v) is 22.4. The molecule has 208 valence electrons. The van der Waals surface area contributed by atoms with E-state index in [0.29, 0.717) is 15.6 Å². The van der Waals surface area contributed by atoms with E-state index in [0.717, 1.165) is 17.0 Å². The molecule has 0 aromatic heterocycles. The molecule has 1 fully saturated rings. The van der Waals surface area contributed by atoms with Gasteiger partial charge in [-0.25, -0.2) is 8.78 Å². The Morgan fingerprint density at radius 3 is 2.15 bits per heavy atom. The minimum atomic E-state index is -2.51. The van der Waals surface area contributed by atoms with Crippen LogP contribution in [0.4, 0.5) is 8.78 Å². The smallest absolute Gasteiger partial charge is 0.305 e. The van der Waals surface area contributed by atoms with Crippen molar-refractivity contribution in [1.82, 2.24) is 4.90 Å². The fourth-order valence-corrected chi connectivity index (χ4v) is 5.63. The Kier molecular flexibility index (Phi) is 7.43. The van der Waals surface area contributed by atoms with Crippen molar-refractivity contribution in [3.63, 3.8) is 0 Å². The molecule has 2 atom stereocenters. The zero-order chi connectivity index (χ0) is 28.8. The molecule has 1 saturated heterocycles. The molecule has 7 nitrogen and oxygen atoms in total. The minimum Gasteiger partial charge on any atom is -0.481 e. The van der Waals surface area contributed by atoms with E-state index < -0.39 is 52.9 Å². The van der Waals surface area contributed by atoms with Gasteiger partial charge in [0.25, 0.3) is 5.91 Å². The normalized spacial score (nSPS) is 20.7. The number of carbonyl (C=O) groups is 3. The summed E-state index contributed by atoms with van der Waals surface area (Å²) in [7, 11) is 0. The molecule has 0 saturated carbocycles. The predicted molar refractivity (Wildman–Crippen MR) is 142 cm³/mol. The molecular formula is C29H23Cl2F2NO6. The number of nitrogens with zero attached hydrogens (tertiary/aromatic N) is 1. The number of rotatable bonds is 7. The molecule has 0 spiro atoms. The summed E-state index contributed by atoms with van der Waals surface area (Å²) in [5.74, 6) is -4.37. The Morgan fingerprint density at radius 1 is 1.00 bits per heavy atom. The largest absolute Gasteiger partial charge is 0.481 e. The van der Waals surface area contributed by atoms with Crippen LogP contribution in [0.15, 0.2) is 60.7 Å². The van der Waals surface area contributed by atoms with E-state index in [1.807, 2.05) is 0 Å². The number of alkyl halides is 1. The summed E-state index contributed by atoms with van der Waals surface area (Å²) in [4.78, 5) is 40.0. The van der Waals surface area contributed by atoms with Gasteiger partial charge in [0.1, 0.15) is 5.82 Å². The quantitative estimate of drug-likeness (QED) is 0.343. The van der Waals surface area contributed by atoms with Crippen molar-refractivity contribution < 1.29 is 38.1 Å². The van der Waals surface area contributed by atoms with Crippen molar-refractivity contribution in [2.75, 3.05) is 13.2 Å². The number of ketones is 1. The van der Waals surface area contributed by atoms with E-state index >= 15 is 8.78 Å². The number of Topliss-reactive ketones (excluding diaryl/α,β-unsaturated/α-hetero) is 1. The molecule has 2 aliphatic heterocycles. The monoisotopic (exact) mass is 589 g/mol. The molecule has 0 radical (unpaired) electrons. The van der Waals surface area contributed by atoms with Crippen LogP contribution in [0.2, 0.25) is 10.0 Å². The summed E-state index contributed by atoms with van der Waals surface area (Å²) in [5, 5.41) is 22.7. The van der Waals surface area contributed by atoms with Crippen molar-refractivity contribution in [3.05, 3.63) is 104 Å². The van der Waals surface area contributed by atoms with Crippen molar-refractivity contribution in [1.29, 1.82) is 0 Å². The molecule has 3 aromatic rings. The average Bonchev–Trinajstić information content (AvgIpc) is 3.15. The number of benzene rings is 3. The first-order chi connectivity index (χ1) is 19.0. The van der Waals surface area contributed by atoms with E-state index in [2.05, 4.69) is 0 Å². The molecule has 1 amide bonds. The zero-order valence-electron chi connectivity index (χ0n) is 20.9. The van der Waals surface area contributed by atoms with Gasteiger partial charge in [-0.2, -0.15) is 0 Å². The fourth-order valence-electron chi connectivity index (χ4n) is 5.38. The second-order valence-corrected chi connectivity index (χ2v) is 10.7. The standard InChI is InChI=1S/C29H23Cl2F2NO6/c30-19-5-1-16(2-6-19)23(15-24(35)36)34-27(38)21-13-17(26(37)28(33)9-11-40-12-10-28)14-22(32)25(21)29(34,39)18-3-7-20(31)8-4-18/h1-8,13-14,23,39H,9-12,15H2,(H,35,36). The van der Waals surface area contributed by atoms with Gasteiger partial charge < -0.3 is 14.9 Å². The van der Waals surface area contributed by atoms with Gasteiger partial charge in [-0.15, -0.1) is 0 Å². The summed E-state index contributed by atoms with van der Waals surface area (Å²) < 4.78 is 36.6. The van der Waals surface area contributed by atoms with E-state index in [4.69, 9.17) is 27.9 Å². The number of fused-ring (bicyclic) bond motifs is 1. The van der Waals surface area contributed by atoms with Crippen LogP contribution < -0.4 is 0 Å². The fraction of sp³-hybridized carbons (Fsp3) is 0.276. The molecule has 3 aromatic carbocycles. The molecule has 0 aliphatic carbocycles. The van der Waals surface area contributed by atoms with E-state index in [1.54, 1.807) is 0 Å². The van der Waals surface area contributed by atoms with Crippen LogP contribution in [0.3, 0.4) is 0 Å².